The molecule has 34 heavy (non-hydrogen) atoms. The molecule has 1 aromatic heterocycles. The predicted octanol–water partition coefficient (Wildman–Crippen LogP) is 8.73. The highest BCUT2D eigenvalue weighted by Gasteiger charge is 2.34. The summed E-state index contributed by atoms with van der Waals surface area (Å²) >= 11 is 9.63. The Balaban J connectivity index is 0.000000620. The number of pyridine rings is 1. The van der Waals surface area contributed by atoms with Crippen molar-refractivity contribution in [2.24, 2.45) is 11.3 Å². The van der Waals surface area contributed by atoms with E-state index in [1.165, 1.54) is 5.56 Å². The lowest BCUT2D eigenvalue weighted by atomic mass is 9.74. The number of rotatable bonds is 8. The number of ether oxygens (including phenoxy) is 1. The Morgan fingerprint density at radius 2 is 1.59 bits per heavy atom. The molecule has 0 fully saturated rings. The fourth-order valence-electron chi connectivity index (χ4n) is 2.98. The Morgan fingerprint density at radius 1 is 1.03 bits per heavy atom. The van der Waals surface area contributed by atoms with E-state index in [9.17, 15) is 0 Å². The van der Waals surface area contributed by atoms with E-state index in [0.717, 1.165) is 16.6 Å². The Bertz CT molecular complexity index is 817. The lowest BCUT2D eigenvalue weighted by molar-refractivity contribution is 0.0265. The maximum atomic E-state index is 6.44. The van der Waals surface area contributed by atoms with Crippen LogP contribution in [0.1, 0.15) is 47.1 Å². The summed E-state index contributed by atoms with van der Waals surface area (Å²) in [6.07, 6.45) is 4.68. The molecule has 7 heteroatoms. The van der Waals surface area contributed by atoms with Gasteiger partial charge in [0.15, 0.2) is 16.4 Å². The average Bonchev–Trinajstić information content (AvgIpc) is 2.70. The molecule has 0 aliphatic heterocycles. The van der Waals surface area contributed by atoms with Gasteiger partial charge in [-0.1, -0.05) is 76.6 Å². The van der Waals surface area contributed by atoms with Crippen LogP contribution in [0.5, 0.6) is 5.75 Å². The Hall–Kier alpha value is -0.666. The van der Waals surface area contributed by atoms with Gasteiger partial charge in [-0.2, -0.15) is 11.1 Å². The summed E-state index contributed by atoms with van der Waals surface area (Å²) in [5, 5.41) is 0.342. The van der Waals surface area contributed by atoms with Gasteiger partial charge < -0.3 is 9.16 Å². The number of hydrogen-bond acceptors (Lipinski definition) is 3. The molecule has 0 radical (unpaired) electrons. The number of aromatic nitrogens is 1. The molecule has 3 nitrogen and oxygen atoms in total. The van der Waals surface area contributed by atoms with Crippen molar-refractivity contribution in [1.82, 2.24) is 4.98 Å². The van der Waals surface area contributed by atoms with Crippen LogP contribution in [0.3, 0.4) is 0 Å². The van der Waals surface area contributed by atoms with Gasteiger partial charge >= 0.3 is 0 Å². The van der Waals surface area contributed by atoms with Crippen LogP contribution in [-0.4, -0.2) is 34.1 Å². The van der Waals surface area contributed by atoms with Gasteiger partial charge in [0.25, 0.3) is 0 Å². The molecule has 1 aromatic carbocycles. The van der Waals surface area contributed by atoms with E-state index in [-0.39, 0.29) is 11.5 Å². The van der Waals surface area contributed by atoms with Gasteiger partial charge in [0.2, 0.25) is 0 Å². The first-order valence-electron chi connectivity index (χ1n) is 12.1. The molecule has 2 atom stereocenters. The van der Waals surface area contributed by atoms with Gasteiger partial charge in [-0.3, -0.25) is 4.98 Å². The summed E-state index contributed by atoms with van der Waals surface area (Å²) in [5.41, 5.74) is 1.32. The first kappa shape index (κ1) is 31.4. The molecular formula is C27H45BrClNO2Si2. The second-order valence-electron chi connectivity index (χ2n) is 11.8. The molecule has 2 rings (SSSR count). The maximum Gasteiger partial charge on any atom is 0.171 e. The molecule has 0 saturated carbocycles. The summed E-state index contributed by atoms with van der Waals surface area (Å²) < 4.78 is 13.6. The van der Waals surface area contributed by atoms with Gasteiger partial charge in [-0.15, -0.1) is 0 Å². The monoisotopic (exact) mass is 585 g/mol. The minimum absolute atomic E-state index is 0.00807. The maximum absolute atomic E-state index is 6.44. The van der Waals surface area contributed by atoms with Gasteiger partial charge in [-0.05, 0) is 65.9 Å². The molecule has 1 unspecified atom stereocenters. The highest BCUT2D eigenvalue weighted by molar-refractivity contribution is 9.10. The van der Waals surface area contributed by atoms with Gasteiger partial charge in [0.05, 0.1) is 6.61 Å². The standard InChI is InChI=1S/C21H30BrNO2Si.C6H15ClSi/c1-21(2,3)19(13-16-7-6-12-23-14-16)20(15-24-26(4)5)25-18-10-8-17(22)9-11-18;1-6(2,3)8(4,5)7/h6-12,14,19-20,26H,13,15H2,1-5H3;1-5H3/t19?,20-;/m0./s1. The van der Waals surface area contributed by atoms with Crippen LogP contribution in [0.25, 0.3) is 0 Å². The van der Waals surface area contributed by atoms with Crippen molar-refractivity contribution in [2.75, 3.05) is 6.61 Å². The number of benzene rings is 1. The Kier molecular flexibility index (Phi) is 12.5. The minimum Gasteiger partial charge on any atom is -0.488 e. The van der Waals surface area contributed by atoms with Gasteiger partial charge in [-0.25, -0.2) is 0 Å². The van der Waals surface area contributed by atoms with Crippen molar-refractivity contribution in [3.8, 4) is 5.75 Å². The Morgan fingerprint density at radius 3 is 2.00 bits per heavy atom. The number of hydrogen-bond donors (Lipinski definition) is 0. The van der Waals surface area contributed by atoms with E-state index in [0.29, 0.717) is 17.6 Å². The molecule has 0 bridgehead atoms. The second kappa shape index (κ2) is 13.6. The molecule has 0 aliphatic rings. The molecule has 0 saturated heterocycles. The van der Waals surface area contributed by atoms with E-state index in [4.69, 9.17) is 20.2 Å². The molecule has 2 aromatic rings. The van der Waals surface area contributed by atoms with Crippen LogP contribution < -0.4 is 4.74 Å². The van der Waals surface area contributed by atoms with Crippen LogP contribution in [-0.2, 0) is 10.8 Å². The predicted molar refractivity (Wildman–Crippen MR) is 157 cm³/mol. The normalized spacial score (nSPS) is 14.3. The highest BCUT2D eigenvalue weighted by atomic mass is 79.9. The third-order valence-electron chi connectivity index (χ3n) is 6.22. The zero-order valence-corrected chi connectivity index (χ0v) is 27.3. The summed E-state index contributed by atoms with van der Waals surface area (Å²) in [6.45, 7) is 22.8. The van der Waals surface area contributed by atoms with Crippen molar-refractivity contribution < 1.29 is 9.16 Å². The Labute approximate surface area is 224 Å². The lowest BCUT2D eigenvalue weighted by Crippen LogP contribution is -2.41. The SMILES string of the molecule is CC(C)(C)[Si](C)(C)Cl.C[SiH](C)OC[C@H](Oc1ccc(Br)cc1)C(Cc1cccnc1)C(C)(C)C. The summed E-state index contributed by atoms with van der Waals surface area (Å²) in [5.74, 6) is 1.19. The van der Waals surface area contributed by atoms with Crippen LogP contribution >= 0.6 is 27.0 Å². The third-order valence-corrected chi connectivity index (χ3v) is 12.9. The molecule has 0 aliphatic carbocycles. The van der Waals surface area contributed by atoms with Crippen LogP contribution in [0.15, 0.2) is 53.3 Å². The van der Waals surface area contributed by atoms with E-state index in [1.807, 2.05) is 42.7 Å². The van der Waals surface area contributed by atoms with E-state index >= 15 is 0 Å². The van der Waals surface area contributed by atoms with Crippen molar-refractivity contribution in [3.05, 3.63) is 58.8 Å². The topological polar surface area (TPSA) is 31.4 Å². The van der Waals surface area contributed by atoms with E-state index in [2.05, 4.69) is 94.7 Å². The first-order valence-corrected chi connectivity index (χ1v) is 19.7. The van der Waals surface area contributed by atoms with Crippen molar-refractivity contribution in [2.45, 2.75) is 85.3 Å². The smallest absolute Gasteiger partial charge is 0.171 e. The number of nitrogens with zero attached hydrogens (tertiary/aromatic N) is 1. The van der Waals surface area contributed by atoms with Crippen molar-refractivity contribution in [3.63, 3.8) is 0 Å². The molecule has 192 valence electrons. The summed E-state index contributed by atoms with van der Waals surface area (Å²) in [6, 6.07) is 12.2. The largest absolute Gasteiger partial charge is 0.488 e. The van der Waals surface area contributed by atoms with Crippen LogP contribution in [0.4, 0.5) is 0 Å². The third kappa shape index (κ3) is 11.8. The number of halogens is 2. The summed E-state index contributed by atoms with van der Waals surface area (Å²) in [7, 11) is -2.51. The molecule has 1 heterocycles. The van der Waals surface area contributed by atoms with Crippen molar-refractivity contribution in [1.29, 1.82) is 0 Å². The van der Waals surface area contributed by atoms with Crippen LogP contribution in [0.2, 0.25) is 31.2 Å². The summed E-state index contributed by atoms with van der Waals surface area (Å²) in [4.78, 5) is 4.28. The fraction of sp³-hybridized carbons (Fsp3) is 0.593. The molecular weight excluding hydrogens is 542 g/mol. The molecule has 0 amide bonds. The second-order valence-corrected chi connectivity index (χ2v) is 22.4. The van der Waals surface area contributed by atoms with E-state index in [1.54, 1.807) is 0 Å². The zero-order chi connectivity index (χ0) is 26.2. The van der Waals surface area contributed by atoms with Gasteiger partial charge in [0.1, 0.15) is 11.9 Å². The molecule has 0 N–H and O–H groups in total. The fourth-order valence-corrected chi connectivity index (χ4v) is 3.81. The quantitative estimate of drug-likeness (QED) is 0.229. The lowest BCUT2D eigenvalue weighted by Gasteiger charge is -2.37. The first-order chi connectivity index (χ1) is 15.5. The van der Waals surface area contributed by atoms with Crippen LogP contribution in [0, 0.1) is 11.3 Å². The van der Waals surface area contributed by atoms with E-state index < -0.39 is 16.4 Å². The van der Waals surface area contributed by atoms with Gasteiger partial charge in [0, 0.05) is 22.8 Å². The average molecular weight is 587 g/mol. The minimum atomic E-state index is -1.39. The highest BCUT2D eigenvalue weighted by Crippen LogP contribution is 2.38. The zero-order valence-electron chi connectivity index (χ0n) is 22.8. The molecule has 0 spiro atoms. The van der Waals surface area contributed by atoms with Crippen molar-refractivity contribution >= 4 is 43.4 Å².